The van der Waals surface area contributed by atoms with Crippen LogP contribution in [0.3, 0.4) is 0 Å². The molecule has 0 fully saturated rings. The van der Waals surface area contributed by atoms with E-state index < -0.39 is 16.7 Å². The minimum atomic E-state index is -3.31. The Balaban J connectivity index is 0.000000123. The second-order valence-electron chi connectivity index (χ2n) is 24.4. The molecule has 0 saturated carbocycles. The number of amides is 4. The van der Waals surface area contributed by atoms with Crippen LogP contribution in [-0.2, 0) is 19.6 Å². The van der Waals surface area contributed by atoms with Crippen molar-refractivity contribution in [1.82, 2.24) is 83.1 Å². The molecular weight excluding hydrogens is 1350 g/mol. The molecule has 4 aliphatic heterocycles. The van der Waals surface area contributed by atoms with Crippen LogP contribution >= 0.6 is 0 Å². The fourth-order valence-electron chi connectivity index (χ4n) is 11.7. The summed E-state index contributed by atoms with van der Waals surface area (Å²) < 4.78 is 69.2. The predicted molar refractivity (Wildman–Crippen MR) is 391 cm³/mol. The molecule has 12 aromatic rings. The maximum Gasteiger partial charge on any atom is 0.319 e. The summed E-state index contributed by atoms with van der Waals surface area (Å²) in [7, 11) is 0.193. The lowest BCUT2D eigenvalue weighted by Gasteiger charge is -2.26. The molecule has 4 aliphatic rings. The highest BCUT2D eigenvalue weighted by atomic mass is 32.2. The third kappa shape index (κ3) is 17.7. The summed E-state index contributed by atoms with van der Waals surface area (Å²) in [5.74, 6) is 5.54. The second-order valence-corrected chi connectivity index (χ2v) is 26.3. The van der Waals surface area contributed by atoms with E-state index in [2.05, 4.69) is 66.7 Å². The first-order valence-electron chi connectivity index (χ1n) is 34.1. The van der Waals surface area contributed by atoms with E-state index in [4.69, 9.17) is 23.9 Å². The number of ether oxygens (including phenoxy) is 4. The van der Waals surface area contributed by atoms with Crippen molar-refractivity contribution in [3.05, 3.63) is 171 Å². The normalized spacial score (nSPS) is 15.4. The van der Waals surface area contributed by atoms with Crippen molar-refractivity contribution in [3.8, 4) is 67.5 Å². The predicted octanol–water partition coefficient (Wildman–Crippen LogP) is 7.79. The SMILES string of the molecule is CN(C)C(=O)N1CCNc2ccn3ncc(c3n2)-c2cccc(c2)OCC1.O=C(CCF)N1CCNc2ccn3ncc(c3n2)-c2cccc(c2)OCC1.O=C1CCOc2cccc(c2)-c2cnn3ccc(nc23)NCCN1.O=S1(=O)CCCOc2cccc(c2)-c2cnn3ccc(nc23)NCCN1. The average molecular weight is 1430 g/mol. The van der Waals surface area contributed by atoms with Crippen LogP contribution in [0.25, 0.3) is 67.1 Å². The molecule has 4 amide bonds. The molecule has 16 bridgehead atoms. The van der Waals surface area contributed by atoms with Crippen molar-refractivity contribution >= 4 is 73.7 Å². The Bertz CT molecular complexity index is 5110. The van der Waals surface area contributed by atoms with Gasteiger partial charge in [-0.25, -0.2) is 55.9 Å². The van der Waals surface area contributed by atoms with Crippen LogP contribution in [0, 0.1) is 0 Å². The average Bonchev–Trinajstić information content (AvgIpc) is 1.66. The van der Waals surface area contributed by atoms with Crippen molar-refractivity contribution in [3.63, 3.8) is 0 Å². The first kappa shape index (κ1) is 70.3. The van der Waals surface area contributed by atoms with Crippen LogP contribution in [0.2, 0.25) is 0 Å². The standard InChI is InChI=1S/C19H20FN5O2.C19H22N6O2.C17H19N5O3S.C17H17N5O2/c20-6-4-18(26)24-9-7-21-17-5-8-25-19(23-17)16(13-22-25)14-2-1-3-15(12-14)27-11-10-24;1-23(2)19(26)24-9-7-20-17-6-8-25-18(22-17)16(13-21-25)14-4-3-5-15(12-14)27-11-10-24;23-26(24)10-2-9-25-14-4-1-3-13(11-14)15-12-19-22-8-5-16(21-17(15)22)18-6-7-20-26;23-16-5-9-24-13-3-1-2-12(10-13)14-11-20-22-8-4-15(21-17(14)22)18-6-7-19-16/h1-3,5,8,12-13H,4,6-7,9-11H2,(H,21,23);3-6,8,12-13H,7,9-11H2,1-2H3,(H,20,22);1,3-5,8,11-12,20H,2,6-7,9-10H2,(H,18,21);1-4,8,10-11H,5-7,9H2,(H,18,21)(H,19,23). The van der Waals surface area contributed by atoms with E-state index in [0.717, 1.165) is 90.2 Å². The number of urea groups is 1. The van der Waals surface area contributed by atoms with Crippen molar-refractivity contribution in [2.75, 3.05) is 140 Å². The topological polar surface area (TPSA) is 325 Å². The van der Waals surface area contributed by atoms with Crippen molar-refractivity contribution < 1.29 is 46.1 Å². The van der Waals surface area contributed by atoms with Gasteiger partial charge in [-0.05, 0) is 101 Å². The van der Waals surface area contributed by atoms with Crippen LogP contribution < -0.4 is 50.3 Å². The number of sulfonamides is 1. The zero-order valence-electron chi connectivity index (χ0n) is 57.3. The molecule has 8 aromatic heterocycles. The Morgan fingerprint density at radius 3 is 1.27 bits per heavy atom. The van der Waals surface area contributed by atoms with Crippen LogP contribution in [0.5, 0.6) is 23.0 Å². The van der Waals surface area contributed by atoms with E-state index in [1.165, 1.54) is 0 Å². The Hall–Kier alpha value is -12.2. The number of anilines is 4. The zero-order valence-corrected chi connectivity index (χ0v) is 58.1. The van der Waals surface area contributed by atoms with Gasteiger partial charge in [0.1, 0.15) is 59.5 Å². The van der Waals surface area contributed by atoms with Gasteiger partial charge < -0.3 is 60.2 Å². The highest BCUT2D eigenvalue weighted by Crippen LogP contribution is 2.32. The Morgan fingerprint density at radius 2 is 0.846 bits per heavy atom. The lowest BCUT2D eigenvalue weighted by atomic mass is 10.1. The molecule has 0 radical (unpaired) electrons. The number of halogens is 1. The molecule has 0 saturated heterocycles. The highest BCUT2D eigenvalue weighted by Gasteiger charge is 2.21. The van der Waals surface area contributed by atoms with E-state index >= 15 is 0 Å². The Kier molecular flexibility index (Phi) is 22.3. The van der Waals surface area contributed by atoms with E-state index in [0.29, 0.717) is 128 Å². The quantitative estimate of drug-likeness (QED) is 0.0961. The van der Waals surface area contributed by atoms with Gasteiger partial charge in [-0.15, -0.1) is 0 Å². The molecule has 4 aromatic carbocycles. The lowest BCUT2D eigenvalue weighted by molar-refractivity contribution is -0.131. The molecule has 6 N–H and O–H groups in total. The van der Waals surface area contributed by atoms with Gasteiger partial charge in [0.2, 0.25) is 21.8 Å². The minimum absolute atomic E-state index is 0.0251. The number of hydrogen-bond donors (Lipinski definition) is 6. The van der Waals surface area contributed by atoms with E-state index in [9.17, 15) is 27.2 Å². The maximum atomic E-state index is 12.6. The number of hydrogen-bond acceptors (Lipinski definition) is 21. The van der Waals surface area contributed by atoms with E-state index in [-0.39, 0.29) is 30.0 Å². The first-order chi connectivity index (χ1) is 50.8. The third-order valence-corrected chi connectivity index (χ3v) is 18.4. The molecule has 30 nitrogen and oxygen atoms in total. The third-order valence-electron chi connectivity index (χ3n) is 16.9. The van der Waals surface area contributed by atoms with Crippen molar-refractivity contribution in [2.24, 2.45) is 0 Å². The number of nitrogens with one attached hydrogen (secondary N) is 6. The molecule has 0 aliphatic carbocycles. The largest absolute Gasteiger partial charge is 0.494 e. The van der Waals surface area contributed by atoms with Gasteiger partial charge >= 0.3 is 6.03 Å². The molecule has 0 atom stereocenters. The molecule has 538 valence electrons. The zero-order chi connectivity index (χ0) is 71.8. The molecule has 12 heterocycles. The Labute approximate surface area is 597 Å². The first-order valence-corrected chi connectivity index (χ1v) is 35.7. The summed E-state index contributed by atoms with van der Waals surface area (Å²) in [6.45, 7) is 5.67. The van der Waals surface area contributed by atoms with Gasteiger partial charge in [-0.1, -0.05) is 48.5 Å². The van der Waals surface area contributed by atoms with E-state index in [1.807, 2.05) is 146 Å². The highest BCUT2D eigenvalue weighted by molar-refractivity contribution is 7.89. The van der Waals surface area contributed by atoms with Crippen LogP contribution in [0.15, 0.2) is 171 Å². The molecule has 104 heavy (non-hydrogen) atoms. The van der Waals surface area contributed by atoms with Crippen LogP contribution in [-0.4, -0.2) is 218 Å². The number of carbonyl (C=O) groups is 3. The minimum Gasteiger partial charge on any atom is -0.494 e. The van der Waals surface area contributed by atoms with Gasteiger partial charge in [0.25, 0.3) is 0 Å². The summed E-state index contributed by atoms with van der Waals surface area (Å²) in [6, 6.07) is 38.3. The molecule has 0 unspecified atom stereocenters. The Morgan fingerprint density at radius 1 is 0.471 bits per heavy atom. The molecule has 0 spiro atoms. The summed E-state index contributed by atoms with van der Waals surface area (Å²) in [4.78, 5) is 59.9. The van der Waals surface area contributed by atoms with Gasteiger partial charge in [0.15, 0.2) is 22.6 Å². The van der Waals surface area contributed by atoms with Crippen molar-refractivity contribution in [2.45, 2.75) is 19.3 Å². The number of alkyl halides is 1. The van der Waals surface area contributed by atoms with E-state index in [1.54, 1.807) is 71.5 Å². The number of nitrogens with zero attached hydrogens (tertiary/aromatic N) is 15. The van der Waals surface area contributed by atoms with Crippen LogP contribution in [0.1, 0.15) is 19.3 Å². The summed E-state index contributed by atoms with van der Waals surface area (Å²) in [6.07, 6.45) is 15.2. The van der Waals surface area contributed by atoms with Gasteiger partial charge in [-0.3, -0.25) is 14.0 Å². The monoisotopic (exact) mass is 1430 g/mol. The number of fused-ring (bicyclic) bond motifs is 16. The summed E-state index contributed by atoms with van der Waals surface area (Å²) >= 11 is 0. The van der Waals surface area contributed by atoms with Crippen molar-refractivity contribution in [1.29, 1.82) is 0 Å². The molecular formula is C72H78FN21O9S. The molecule has 32 heteroatoms. The fourth-order valence-corrected chi connectivity index (χ4v) is 12.8. The van der Waals surface area contributed by atoms with Gasteiger partial charge in [0.05, 0.1) is 76.4 Å². The number of rotatable bonds is 2. The van der Waals surface area contributed by atoms with Crippen LogP contribution in [0.4, 0.5) is 32.5 Å². The second kappa shape index (κ2) is 33.1. The summed E-state index contributed by atoms with van der Waals surface area (Å²) in [5, 5.41) is 33.2. The number of benzene rings is 4. The molecule has 16 rings (SSSR count). The fraction of sp³-hybridized carbons (Fsp3) is 0.292. The maximum absolute atomic E-state index is 12.6. The lowest BCUT2D eigenvalue weighted by Crippen LogP contribution is -2.43. The smallest absolute Gasteiger partial charge is 0.319 e. The number of aromatic nitrogens is 12. The van der Waals surface area contributed by atoms with Gasteiger partial charge in [0, 0.05) is 113 Å². The van der Waals surface area contributed by atoms with Gasteiger partial charge in [-0.2, -0.15) is 20.4 Å². The summed E-state index contributed by atoms with van der Waals surface area (Å²) in [5.41, 5.74) is 10.6. The number of carbonyl (C=O) groups excluding carboxylic acids is 3.